The Morgan fingerprint density at radius 3 is 2.93 bits per heavy atom. The second-order valence-corrected chi connectivity index (χ2v) is 7.51. The summed E-state index contributed by atoms with van der Waals surface area (Å²) in [6.07, 6.45) is 8.56. The first kappa shape index (κ1) is 17.7. The van der Waals surface area contributed by atoms with Crippen molar-refractivity contribution in [3.05, 3.63) is 40.7 Å². The van der Waals surface area contributed by atoms with Crippen LogP contribution in [0.1, 0.15) is 46.3 Å². The Morgan fingerprint density at radius 1 is 1.22 bits per heavy atom. The Labute approximate surface area is 161 Å². The van der Waals surface area contributed by atoms with Crippen LogP contribution < -0.4 is 5.32 Å². The van der Waals surface area contributed by atoms with Crippen molar-refractivity contribution in [2.24, 2.45) is 0 Å². The summed E-state index contributed by atoms with van der Waals surface area (Å²) in [6, 6.07) is 1.75. The molecule has 9 heteroatoms. The molecule has 0 fully saturated rings. The van der Waals surface area contributed by atoms with E-state index in [1.165, 1.54) is 24.2 Å². The molecule has 0 atom stereocenters. The summed E-state index contributed by atoms with van der Waals surface area (Å²) in [5.74, 6) is 2.44. The number of amides is 1. The van der Waals surface area contributed by atoms with Crippen molar-refractivity contribution >= 4 is 17.2 Å². The molecule has 0 aromatic carbocycles. The highest BCUT2D eigenvalue weighted by Gasteiger charge is 2.18. The lowest BCUT2D eigenvalue weighted by Crippen LogP contribution is -2.26. The third-order valence-electron chi connectivity index (χ3n) is 4.58. The largest absolute Gasteiger partial charge is 0.351 e. The summed E-state index contributed by atoms with van der Waals surface area (Å²) in [7, 11) is 0. The topological polar surface area (TPSA) is 98.5 Å². The smallest absolute Gasteiger partial charge is 0.263 e. The number of fused-ring (bicyclic) bond motifs is 1. The molecule has 1 aliphatic rings. The molecule has 140 valence electrons. The van der Waals surface area contributed by atoms with Crippen molar-refractivity contribution < 1.29 is 4.79 Å². The van der Waals surface area contributed by atoms with Gasteiger partial charge < -0.3 is 9.88 Å². The molecule has 27 heavy (non-hydrogen) atoms. The van der Waals surface area contributed by atoms with E-state index in [9.17, 15) is 4.79 Å². The highest BCUT2D eigenvalue weighted by Crippen LogP contribution is 2.25. The SMILES string of the molecule is Cc1nc(-c2ncccn2)sc1C(=O)NCCc1nnc2n1CCCCC2. The van der Waals surface area contributed by atoms with Crippen LogP contribution >= 0.6 is 11.3 Å². The van der Waals surface area contributed by atoms with E-state index in [2.05, 4.69) is 35.0 Å². The van der Waals surface area contributed by atoms with E-state index in [1.54, 1.807) is 18.5 Å². The van der Waals surface area contributed by atoms with Crippen LogP contribution in [-0.2, 0) is 19.4 Å². The number of nitrogens with one attached hydrogen (secondary N) is 1. The molecule has 3 aromatic heterocycles. The predicted molar refractivity (Wildman–Crippen MR) is 101 cm³/mol. The minimum atomic E-state index is -0.122. The maximum absolute atomic E-state index is 12.6. The molecule has 3 aromatic rings. The fourth-order valence-corrected chi connectivity index (χ4v) is 4.14. The van der Waals surface area contributed by atoms with Gasteiger partial charge in [-0.1, -0.05) is 6.42 Å². The summed E-state index contributed by atoms with van der Waals surface area (Å²) in [6.45, 7) is 3.32. The molecule has 1 N–H and O–H groups in total. The van der Waals surface area contributed by atoms with Gasteiger partial charge in [-0.3, -0.25) is 4.79 Å². The first-order valence-electron chi connectivity index (χ1n) is 9.16. The Bertz CT molecular complexity index is 935. The summed E-state index contributed by atoms with van der Waals surface area (Å²) >= 11 is 1.31. The zero-order valence-electron chi connectivity index (χ0n) is 15.2. The number of carbonyl (C=O) groups is 1. The van der Waals surface area contributed by atoms with E-state index < -0.39 is 0 Å². The number of carbonyl (C=O) groups excluding carboxylic acids is 1. The molecule has 0 bridgehead atoms. The standard InChI is InChI=1S/C18H21N7OS/c1-12-15(27-18(22-12)16-19-8-5-9-20-16)17(26)21-10-7-14-24-23-13-6-3-2-4-11-25(13)14/h5,8-9H,2-4,6-7,10-11H2,1H3,(H,21,26). The molecule has 0 spiro atoms. The van der Waals surface area contributed by atoms with Crippen LogP contribution in [0.15, 0.2) is 18.5 Å². The predicted octanol–water partition coefficient (Wildman–Crippen LogP) is 2.20. The van der Waals surface area contributed by atoms with E-state index in [4.69, 9.17) is 0 Å². The van der Waals surface area contributed by atoms with Gasteiger partial charge in [-0.15, -0.1) is 21.5 Å². The first-order valence-corrected chi connectivity index (χ1v) is 9.98. The average molecular weight is 383 g/mol. The minimum absolute atomic E-state index is 0.122. The molecule has 0 aliphatic carbocycles. The average Bonchev–Trinajstić information content (AvgIpc) is 3.17. The maximum atomic E-state index is 12.6. The van der Waals surface area contributed by atoms with Crippen LogP contribution in [0.25, 0.3) is 10.8 Å². The van der Waals surface area contributed by atoms with Gasteiger partial charge in [0.25, 0.3) is 5.91 Å². The quantitative estimate of drug-likeness (QED) is 0.725. The van der Waals surface area contributed by atoms with Gasteiger partial charge in [-0.05, 0) is 25.8 Å². The molecule has 8 nitrogen and oxygen atoms in total. The van der Waals surface area contributed by atoms with Gasteiger partial charge in [0.05, 0.1) is 5.69 Å². The Kier molecular flexibility index (Phi) is 5.19. The van der Waals surface area contributed by atoms with Gasteiger partial charge in [0.15, 0.2) is 10.8 Å². The summed E-state index contributed by atoms with van der Waals surface area (Å²) in [5, 5.41) is 12.2. The van der Waals surface area contributed by atoms with E-state index >= 15 is 0 Å². The fourth-order valence-electron chi connectivity index (χ4n) is 3.21. The zero-order chi connectivity index (χ0) is 18.6. The molecular weight excluding hydrogens is 362 g/mol. The lowest BCUT2D eigenvalue weighted by Gasteiger charge is -2.07. The molecular formula is C18H21N7OS. The number of hydrogen-bond acceptors (Lipinski definition) is 7. The molecule has 0 saturated heterocycles. The van der Waals surface area contributed by atoms with Crippen molar-refractivity contribution in [2.45, 2.75) is 45.6 Å². The lowest BCUT2D eigenvalue weighted by atomic mass is 10.2. The summed E-state index contributed by atoms with van der Waals surface area (Å²) in [4.78, 5) is 26.0. The van der Waals surface area contributed by atoms with Crippen LogP contribution in [0.2, 0.25) is 0 Å². The number of aryl methyl sites for hydroxylation is 2. The Balaban J connectivity index is 1.39. The number of nitrogens with zero attached hydrogens (tertiary/aromatic N) is 6. The van der Waals surface area contributed by atoms with E-state index in [0.717, 1.165) is 31.0 Å². The summed E-state index contributed by atoms with van der Waals surface area (Å²) < 4.78 is 2.21. The molecule has 0 unspecified atom stereocenters. The van der Waals surface area contributed by atoms with Gasteiger partial charge in [-0.25, -0.2) is 15.0 Å². The molecule has 4 rings (SSSR count). The molecule has 4 heterocycles. The van der Waals surface area contributed by atoms with Gasteiger partial charge >= 0.3 is 0 Å². The van der Waals surface area contributed by atoms with Crippen molar-refractivity contribution in [1.29, 1.82) is 0 Å². The number of hydrogen-bond donors (Lipinski definition) is 1. The normalized spacial score (nSPS) is 13.8. The second kappa shape index (κ2) is 7.91. The van der Waals surface area contributed by atoms with Gasteiger partial charge in [0, 0.05) is 38.3 Å². The minimum Gasteiger partial charge on any atom is -0.351 e. The third-order valence-corrected chi connectivity index (χ3v) is 5.73. The zero-order valence-corrected chi connectivity index (χ0v) is 16.0. The van der Waals surface area contributed by atoms with Crippen LogP contribution in [-0.4, -0.2) is 42.2 Å². The Morgan fingerprint density at radius 2 is 2.07 bits per heavy atom. The highest BCUT2D eigenvalue weighted by atomic mass is 32.1. The van der Waals surface area contributed by atoms with Crippen LogP contribution in [0.4, 0.5) is 0 Å². The van der Waals surface area contributed by atoms with Crippen molar-refractivity contribution in [3.63, 3.8) is 0 Å². The van der Waals surface area contributed by atoms with Crippen LogP contribution in [0, 0.1) is 6.92 Å². The fraction of sp³-hybridized carbons (Fsp3) is 0.444. The maximum Gasteiger partial charge on any atom is 0.263 e. The lowest BCUT2D eigenvalue weighted by molar-refractivity contribution is 0.0957. The van der Waals surface area contributed by atoms with Crippen LogP contribution in [0.5, 0.6) is 0 Å². The van der Waals surface area contributed by atoms with E-state index in [-0.39, 0.29) is 5.91 Å². The third kappa shape index (κ3) is 3.87. The molecule has 1 aliphatic heterocycles. The Hall–Kier alpha value is -2.68. The number of rotatable bonds is 5. The molecule has 1 amide bonds. The van der Waals surface area contributed by atoms with Gasteiger partial charge in [0.2, 0.25) is 0 Å². The van der Waals surface area contributed by atoms with E-state index in [0.29, 0.717) is 34.4 Å². The molecule has 0 saturated carbocycles. The first-order chi connectivity index (χ1) is 13.2. The van der Waals surface area contributed by atoms with Crippen molar-refractivity contribution in [1.82, 2.24) is 35.0 Å². The number of thiazole rings is 1. The van der Waals surface area contributed by atoms with Crippen LogP contribution in [0.3, 0.4) is 0 Å². The second-order valence-electron chi connectivity index (χ2n) is 6.51. The highest BCUT2D eigenvalue weighted by molar-refractivity contribution is 7.17. The van der Waals surface area contributed by atoms with Crippen molar-refractivity contribution in [3.8, 4) is 10.8 Å². The monoisotopic (exact) mass is 383 g/mol. The summed E-state index contributed by atoms with van der Waals surface area (Å²) in [5.41, 5.74) is 0.691. The van der Waals surface area contributed by atoms with Gasteiger partial charge in [-0.2, -0.15) is 0 Å². The van der Waals surface area contributed by atoms with Crippen molar-refractivity contribution in [2.75, 3.05) is 6.54 Å². The van der Waals surface area contributed by atoms with Gasteiger partial charge in [0.1, 0.15) is 16.5 Å². The molecule has 0 radical (unpaired) electrons. The van der Waals surface area contributed by atoms with E-state index in [1.807, 2.05) is 6.92 Å². The number of aromatic nitrogens is 6.